The van der Waals surface area contributed by atoms with Crippen molar-refractivity contribution in [2.75, 3.05) is 18.8 Å². The van der Waals surface area contributed by atoms with Crippen molar-refractivity contribution in [3.63, 3.8) is 0 Å². The fourth-order valence-electron chi connectivity index (χ4n) is 3.75. The van der Waals surface area contributed by atoms with Crippen molar-refractivity contribution in [2.45, 2.75) is 19.4 Å². The maximum absolute atomic E-state index is 12.9. The summed E-state index contributed by atoms with van der Waals surface area (Å²) < 4.78 is 0. The molecule has 4 N–H and O–H groups in total. The normalized spacial score (nSPS) is 13.9. The minimum atomic E-state index is -0.186. The molecule has 2 aromatic carbocycles. The molecule has 3 amide bonds. The van der Waals surface area contributed by atoms with Crippen LogP contribution in [0.3, 0.4) is 0 Å². The molecular formula is C23H24N4O3S. The van der Waals surface area contributed by atoms with Gasteiger partial charge in [0, 0.05) is 24.0 Å². The highest BCUT2D eigenvalue weighted by Gasteiger charge is 2.29. The van der Waals surface area contributed by atoms with E-state index in [1.54, 1.807) is 0 Å². The third-order valence-corrected chi connectivity index (χ3v) is 6.21. The summed E-state index contributed by atoms with van der Waals surface area (Å²) in [5.41, 5.74) is 10.1. The van der Waals surface area contributed by atoms with Crippen LogP contribution in [0.5, 0.6) is 0 Å². The van der Waals surface area contributed by atoms with E-state index in [-0.39, 0.29) is 22.8 Å². The molecule has 1 aromatic heterocycles. The number of nitrogens with one attached hydrogen (secondary N) is 2. The van der Waals surface area contributed by atoms with E-state index < -0.39 is 0 Å². The summed E-state index contributed by atoms with van der Waals surface area (Å²) in [5.74, 6) is -0.0909. The van der Waals surface area contributed by atoms with Gasteiger partial charge < -0.3 is 16.0 Å². The lowest BCUT2D eigenvalue weighted by atomic mass is 10.0. The lowest BCUT2D eigenvalue weighted by molar-refractivity contribution is -0.124. The van der Waals surface area contributed by atoms with E-state index in [0.717, 1.165) is 39.4 Å². The number of hydrogen-bond acceptors (Lipinski definition) is 5. The monoisotopic (exact) mass is 436 g/mol. The number of rotatable bonds is 8. The third-order valence-electron chi connectivity index (χ3n) is 5.35. The molecule has 2 heterocycles. The SMILES string of the molecule is NCCc1c(C(=O)NCc2ccccc2)[nH]c2ccc(CCN3C(=O)CSC3=O)cc12. The number of carbonyl (C=O) groups is 3. The predicted molar refractivity (Wildman–Crippen MR) is 122 cm³/mol. The predicted octanol–water partition coefficient (Wildman–Crippen LogP) is 2.84. The molecule has 0 unspecified atom stereocenters. The molecule has 0 spiro atoms. The number of carbonyl (C=O) groups excluding carboxylic acids is 3. The van der Waals surface area contributed by atoms with E-state index in [0.29, 0.717) is 38.2 Å². The van der Waals surface area contributed by atoms with Crippen LogP contribution < -0.4 is 11.1 Å². The van der Waals surface area contributed by atoms with Gasteiger partial charge in [0.25, 0.3) is 11.1 Å². The first kappa shape index (κ1) is 21.1. The number of benzene rings is 2. The summed E-state index contributed by atoms with van der Waals surface area (Å²) in [6.07, 6.45) is 1.13. The van der Waals surface area contributed by atoms with Crippen LogP contribution in [-0.2, 0) is 24.2 Å². The molecular weight excluding hydrogens is 412 g/mol. The summed E-state index contributed by atoms with van der Waals surface area (Å²) in [6, 6.07) is 15.6. The van der Waals surface area contributed by atoms with Crippen molar-refractivity contribution in [3.8, 4) is 0 Å². The Labute approximate surface area is 184 Å². The molecule has 160 valence electrons. The topological polar surface area (TPSA) is 108 Å². The molecule has 0 atom stereocenters. The Kier molecular flexibility index (Phi) is 6.39. The molecule has 0 radical (unpaired) electrons. The Bertz CT molecular complexity index is 1110. The molecule has 0 bridgehead atoms. The maximum atomic E-state index is 12.9. The summed E-state index contributed by atoms with van der Waals surface area (Å²) in [6.45, 7) is 1.22. The van der Waals surface area contributed by atoms with Crippen LogP contribution in [0.2, 0.25) is 0 Å². The van der Waals surface area contributed by atoms with E-state index in [4.69, 9.17) is 5.73 Å². The van der Waals surface area contributed by atoms with Crippen LogP contribution in [0.15, 0.2) is 48.5 Å². The van der Waals surface area contributed by atoms with Crippen molar-refractivity contribution in [3.05, 3.63) is 70.9 Å². The molecule has 4 rings (SSSR count). The largest absolute Gasteiger partial charge is 0.350 e. The fraction of sp³-hybridized carbons (Fsp3) is 0.261. The number of nitrogens with zero attached hydrogens (tertiary/aromatic N) is 1. The third kappa shape index (κ3) is 4.65. The lowest BCUT2D eigenvalue weighted by Gasteiger charge is -2.12. The lowest BCUT2D eigenvalue weighted by Crippen LogP contribution is -2.30. The second-order valence-electron chi connectivity index (χ2n) is 7.42. The van der Waals surface area contributed by atoms with Gasteiger partial charge in [-0.25, -0.2) is 0 Å². The fourth-order valence-corrected chi connectivity index (χ4v) is 4.50. The molecule has 1 fully saturated rings. The summed E-state index contributed by atoms with van der Waals surface area (Å²) in [4.78, 5) is 41.0. The van der Waals surface area contributed by atoms with Gasteiger partial charge >= 0.3 is 0 Å². The number of fused-ring (bicyclic) bond motifs is 1. The number of nitrogens with two attached hydrogens (primary N) is 1. The summed E-state index contributed by atoms with van der Waals surface area (Å²) in [7, 11) is 0. The van der Waals surface area contributed by atoms with Crippen molar-refractivity contribution < 1.29 is 14.4 Å². The molecule has 1 aliphatic rings. The quantitative estimate of drug-likeness (QED) is 0.503. The van der Waals surface area contributed by atoms with Gasteiger partial charge in [-0.05, 0) is 48.2 Å². The molecule has 0 aliphatic carbocycles. The van der Waals surface area contributed by atoms with Crippen LogP contribution in [0, 0.1) is 0 Å². The Hall–Kier alpha value is -3.10. The molecule has 31 heavy (non-hydrogen) atoms. The second kappa shape index (κ2) is 9.36. The minimum Gasteiger partial charge on any atom is -0.350 e. The van der Waals surface area contributed by atoms with Gasteiger partial charge in [0.05, 0.1) is 5.75 Å². The zero-order valence-corrected chi connectivity index (χ0v) is 17.8. The van der Waals surface area contributed by atoms with Gasteiger partial charge in [-0.3, -0.25) is 19.3 Å². The Balaban J connectivity index is 1.54. The van der Waals surface area contributed by atoms with Gasteiger partial charge in [0.15, 0.2) is 0 Å². The standard InChI is InChI=1S/C23H24N4O3S/c24-10-8-17-18-12-15(9-11-27-20(28)14-31-23(27)30)6-7-19(18)26-21(17)22(29)25-13-16-4-2-1-3-5-16/h1-7,12,26H,8-11,13-14,24H2,(H,25,29). The zero-order valence-electron chi connectivity index (χ0n) is 17.0. The first-order chi connectivity index (χ1) is 15.1. The van der Waals surface area contributed by atoms with Crippen LogP contribution in [0.25, 0.3) is 10.9 Å². The Morgan fingerprint density at radius 3 is 2.61 bits per heavy atom. The van der Waals surface area contributed by atoms with Crippen LogP contribution in [0.4, 0.5) is 4.79 Å². The van der Waals surface area contributed by atoms with E-state index in [2.05, 4.69) is 10.3 Å². The molecule has 3 aromatic rings. The van der Waals surface area contributed by atoms with E-state index in [1.165, 1.54) is 4.90 Å². The van der Waals surface area contributed by atoms with Crippen molar-refractivity contribution in [1.82, 2.24) is 15.2 Å². The highest BCUT2D eigenvalue weighted by Crippen LogP contribution is 2.26. The number of imide groups is 1. The number of amides is 3. The van der Waals surface area contributed by atoms with Gasteiger partial charge in [-0.1, -0.05) is 48.2 Å². The average molecular weight is 437 g/mol. The van der Waals surface area contributed by atoms with Crippen molar-refractivity contribution in [2.24, 2.45) is 5.73 Å². The Morgan fingerprint density at radius 1 is 1.10 bits per heavy atom. The Morgan fingerprint density at radius 2 is 1.90 bits per heavy atom. The summed E-state index contributed by atoms with van der Waals surface area (Å²) >= 11 is 1.04. The van der Waals surface area contributed by atoms with E-state index >= 15 is 0 Å². The van der Waals surface area contributed by atoms with E-state index in [9.17, 15) is 14.4 Å². The van der Waals surface area contributed by atoms with E-state index in [1.807, 2.05) is 48.5 Å². The molecule has 1 saturated heterocycles. The van der Waals surface area contributed by atoms with Crippen LogP contribution in [-0.4, -0.2) is 45.8 Å². The molecule has 0 saturated carbocycles. The first-order valence-electron chi connectivity index (χ1n) is 10.2. The van der Waals surface area contributed by atoms with Crippen molar-refractivity contribution >= 4 is 39.7 Å². The van der Waals surface area contributed by atoms with Gasteiger partial charge in [-0.15, -0.1) is 0 Å². The number of aromatic nitrogens is 1. The number of hydrogen-bond donors (Lipinski definition) is 3. The minimum absolute atomic E-state index is 0.140. The van der Waals surface area contributed by atoms with Crippen molar-refractivity contribution in [1.29, 1.82) is 0 Å². The van der Waals surface area contributed by atoms with Crippen LogP contribution in [0.1, 0.15) is 27.2 Å². The zero-order chi connectivity index (χ0) is 21.8. The number of thioether (sulfide) groups is 1. The highest BCUT2D eigenvalue weighted by molar-refractivity contribution is 8.14. The summed E-state index contributed by atoms with van der Waals surface area (Å²) in [5, 5.41) is 3.73. The first-order valence-corrected chi connectivity index (χ1v) is 11.2. The smallest absolute Gasteiger partial charge is 0.288 e. The maximum Gasteiger partial charge on any atom is 0.288 e. The van der Waals surface area contributed by atoms with Gasteiger partial charge in [0.1, 0.15) is 5.69 Å². The number of H-pyrrole nitrogens is 1. The number of aromatic amines is 1. The highest BCUT2D eigenvalue weighted by atomic mass is 32.2. The van der Waals surface area contributed by atoms with Gasteiger partial charge in [0.2, 0.25) is 5.91 Å². The molecule has 1 aliphatic heterocycles. The second-order valence-corrected chi connectivity index (χ2v) is 8.34. The molecule has 8 heteroatoms. The average Bonchev–Trinajstić information content (AvgIpc) is 3.31. The molecule has 7 nitrogen and oxygen atoms in total. The van der Waals surface area contributed by atoms with Crippen LogP contribution >= 0.6 is 11.8 Å². The van der Waals surface area contributed by atoms with Gasteiger partial charge in [-0.2, -0.15) is 0 Å².